The van der Waals surface area contributed by atoms with Crippen molar-refractivity contribution in [1.29, 1.82) is 0 Å². The Morgan fingerprint density at radius 1 is 1.06 bits per heavy atom. The largest absolute Gasteiger partial charge is 0.493 e. The minimum absolute atomic E-state index is 0.263. The van der Waals surface area contributed by atoms with E-state index in [0.29, 0.717) is 22.1 Å². The van der Waals surface area contributed by atoms with Gasteiger partial charge in [-0.25, -0.2) is 9.78 Å². The summed E-state index contributed by atoms with van der Waals surface area (Å²) in [6.45, 7) is 3.55. The van der Waals surface area contributed by atoms with Crippen LogP contribution >= 0.6 is 11.3 Å². The van der Waals surface area contributed by atoms with Crippen molar-refractivity contribution in [3.05, 3.63) is 64.7 Å². The summed E-state index contributed by atoms with van der Waals surface area (Å²) < 4.78 is 15.8. The van der Waals surface area contributed by atoms with Crippen molar-refractivity contribution in [2.45, 2.75) is 26.5 Å². The van der Waals surface area contributed by atoms with E-state index in [0.717, 1.165) is 16.1 Å². The summed E-state index contributed by atoms with van der Waals surface area (Å²) in [4.78, 5) is 29.8. The second-order valence-electron chi connectivity index (χ2n) is 6.75. The Kier molecular flexibility index (Phi) is 7.25. The predicted molar refractivity (Wildman–Crippen MR) is 119 cm³/mol. The van der Waals surface area contributed by atoms with Gasteiger partial charge in [0.2, 0.25) is 0 Å². The van der Waals surface area contributed by atoms with Gasteiger partial charge in [0.05, 0.1) is 19.9 Å². The number of hydrogen-bond donors (Lipinski definition) is 1. The van der Waals surface area contributed by atoms with Gasteiger partial charge < -0.3 is 19.5 Å². The van der Waals surface area contributed by atoms with Crippen LogP contribution in [0.4, 0.5) is 0 Å². The predicted octanol–water partition coefficient (Wildman–Crippen LogP) is 4.00. The van der Waals surface area contributed by atoms with Gasteiger partial charge in [0.25, 0.3) is 5.91 Å². The van der Waals surface area contributed by atoms with E-state index in [1.807, 2.05) is 36.4 Å². The van der Waals surface area contributed by atoms with Gasteiger partial charge in [-0.1, -0.05) is 36.4 Å². The molecule has 0 fully saturated rings. The van der Waals surface area contributed by atoms with Crippen molar-refractivity contribution in [2.75, 3.05) is 14.2 Å². The number of carbonyl (C=O) groups excluding carboxylic acids is 2. The number of amides is 1. The van der Waals surface area contributed by atoms with Crippen LogP contribution in [0.2, 0.25) is 0 Å². The molecule has 1 unspecified atom stereocenters. The van der Waals surface area contributed by atoms with Crippen LogP contribution in [0.1, 0.15) is 27.9 Å². The van der Waals surface area contributed by atoms with Gasteiger partial charge >= 0.3 is 5.97 Å². The Morgan fingerprint density at radius 3 is 2.45 bits per heavy atom. The van der Waals surface area contributed by atoms with Gasteiger partial charge in [0.1, 0.15) is 9.88 Å². The number of nitrogens with zero attached hydrogens (tertiary/aromatic N) is 1. The van der Waals surface area contributed by atoms with E-state index < -0.39 is 18.0 Å². The fourth-order valence-electron chi connectivity index (χ4n) is 2.88. The fraction of sp³-hybridized carbons (Fsp3) is 0.261. The number of aryl methyl sites for hydroxylation is 1. The molecule has 0 aliphatic rings. The summed E-state index contributed by atoms with van der Waals surface area (Å²) in [5.41, 5.74) is 2.33. The molecule has 1 amide bonds. The molecule has 1 N–H and O–H groups in total. The smallest absolute Gasteiger partial charge is 0.351 e. The van der Waals surface area contributed by atoms with Crippen LogP contribution < -0.4 is 14.8 Å². The van der Waals surface area contributed by atoms with E-state index in [2.05, 4.69) is 10.3 Å². The summed E-state index contributed by atoms with van der Waals surface area (Å²) in [7, 11) is 3.11. The van der Waals surface area contributed by atoms with Crippen molar-refractivity contribution in [3.63, 3.8) is 0 Å². The van der Waals surface area contributed by atoms with E-state index in [1.165, 1.54) is 18.3 Å². The Bertz CT molecular complexity index is 1070. The average Bonchev–Trinajstić information content (AvgIpc) is 3.19. The Hall–Kier alpha value is -3.39. The normalized spacial score (nSPS) is 11.5. The number of thiazole rings is 1. The minimum Gasteiger partial charge on any atom is -0.493 e. The molecule has 0 radical (unpaired) electrons. The number of esters is 1. The molecule has 1 heterocycles. The molecule has 0 bridgehead atoms. The maximum absolute atomic E-state index is 12.6. The summed E-state index contributed by atoms with van der Waals surface area (Å²) in [5.74, 6) is 0.220. The summed E-state index contributed by atoms with van der Waals surface area (Å²) in [6.07, 6.45) is -0.950. The van der Waals surface area contributed by atoms with Crippen LogP contribution in [-0.4, -0.2) is 37.2 Å². The molecule has 3 rings (SSSR count). The first-order valence-corrected chi connectivity index (χ1v) is 10.5. The molecule has 1 aromatic heterocycles. The first-order valence-electron chi connectivity index (χ1n) is 9.65. The molecule has 8 heteroatoms. The van der Waals surface area contributed by atoms with E-state index in [4.69, 9.17) is 14.2 Å². The van der Waals surface area contributed by atoms with Crippen molar-refractivity contribution in [1.82, 2.24) is 10.3 Å². The fourth-order valence-corrected chi connectivity index (χ4v) is 3.84. The third-order valence-electron chi connectivity index (χ3n) is 4.57. The molecule has 7 nitrogen and oxygen atoms in total. The molecule has 2 aromatic carbocycles. The zero-order chi connectivity index (χ0) is 22.4. The van der Waals surface area contributed by atoms with Crippen LogP contribution in [-0.2, 0) is 16.1 Å². The lowest BCUT2D eigenvalue weighted by atomic mass is 10.2. The Morgan fingerprint density at radius 2 is 1.77 bits per heavy atom. The molecular formula is C23H24N2O5S. The van der Waals surface area contributed by atoms with Crippen LogP contribution in [0.5, 0.6) is 11.5 Å². The first-order chi connectivity index (χ1) is 14.9. The van der Waals surface area contributed by atoms with Crippen LogP contribution in [0, 0.1) is 6.92 Å². The van der Waals surface area contributed by atoms with Gasteiger partial charge in [0.15, 0.2) is 17.6 Å². The lowest BCUT2D eigenvalue weighted by Gasteiger charge is -2.14. The Labute approximate surface area is 185 Å². The highest BCUT2D eigenvalue weighted by Gasteiger charge is 2.23. The minimum atomic E-state index is -0.950. The third kappa shape index (κ3) is 5.40. The van der Waals surface area contributed by atoms with Crippen molar-refractivity contribution in [3.8, 4) is 22.1 Å². The highest BCUT2D eigenvalue weighted by atomic mass is 32.1. The molecule has 0 spiro atoms. The molecule has 0 saturated heterocycles. The standard InChI is InChI=1S/C23H24N2O5S/c1-14-20(31-22(25-14)17-8-6-5-7-9-17)23(27)30-15(2)21(26)24-13-16-10-11-18(28-3)19(12-16)29-4/h5-12,15H,13H2,1-4H3,(H,24,26). The van der Waals surface area contributed by atoms with Crippen molar-refractivity contribution >= 4 is 23.2 Å². The maximum Gasteiger partial charge on any atom is 0.351 e. The van der Waals surface area contributed by atoms with Crippen LogP contribution in [0.3, 0.4) is 0 Å². The topological polar surface area (TPSA) is 86.8 Å². The number of methoxy groups -OCH3 is 2. The molecular weight excluding hydrogens is 416 g/mol. The summed E-state index contributed by atoms with van der Waals surface area (Å²) in [5, 5.41) is 3.50. The van der Waals surface area contributed by atoms with Gasteiger partial charge in [-0.2, -0.15) is 0 Å². The number of aromatic nitrogens is 1. The molecule has 0 aliphatic heterocycles. The molecule has 31 heavy (non-hydrogen) atoms. The van der Waals surface area contributed by atoms with E-state index in [-0.39, 0.29) is 6.54 Å². The highest BCUT2D eigenvalue weighted by molar-refractivity contribution is 7.17. The number of rotatable bonds is 8. The second-order valence-corrected chi connectivity index (χ2v) is 7.75. The van der Waals surface area contributed by atoms with E-state index >= 15 is 0 Å². The zero-order valence-electron chi connectivity index (χ0n) is 17.8. The van der Waals surface area contributed by atoms with Crippen molar-refractivity contribution in [2.24, 2.45) is 0 Å². The van der Waals surface area contributed by atoms with Gasteiger partial charge in [-0.05, 0) is 31.5 Å². The third-order valence-corrected chi connectivity index (χ3v) is 5.76. The zero-order valence-corrected chi connectivity index (χ0v) is 18.6. The van der Waals surface area contributed by atoms with Gasteiger partial charge in [-0.3, -0.25) is 4.79 Å². The van der Waals surface area contributed by atoms with E-state index in [9.17, 15) is 9.59 Å². The monoisotopic (exact) mass is 440 g/mol. The summed E-state index contributed by atoms with van der Waals surface area (Å²) >= 11 is 1.25. The first kappa shape index (κ1) is 22.3. The lowest BCUT2D eigenvalue weighted by molar-refractivity contribution is -0.129. The van der Waals surface area contributed by atoms with Crippen LogP contribution in [0.15, 0.2) is 48.5 Å². The SMILES string of the molecule is COc1ccc(CNC(=O)C(C)OC(=O)c2sc(-c3ccccc3)nc2C)cc1OC. The molecule has 3 aromatic rings. The average molecular weight is 441 g/mol. The van der Waals surface area contributed by atoms with Crippen LogP contribution in [0.25, 0.3) is 10.6 Å². The molecule has 0 saturated carbocycles. The van der Waals surface area contributed by atoms with Gasteiger partial charge in [0, 0.05) is 12.1 Å². The Balaban J connectivity index is 1.60. The van der Waals surface area contributed by atoms with E-state index in [1.54, 1.807) is 33.3 Å². The summed E-state index contributed by atoms with van der Waals surface area (Å²) in [6, 6.07) is 15.0. The number of benzene rings is 2. The quantitative estimate of drug-likeness (QED) is 0.533. The van der Waals surface area contributed by atoms with Gasteiger partial charge in [-0.15, -0.1) is 11.3 Å². The molecule has 1 atom stereocenters. The highest BCUT2D eigenvalue weighted by Crippen LogP contribution is 2.29. The van der Waals surface area contributed by atoms with Crippen molar-refractivity contribution < 1.29 is 23.8 Å². The number of carbonyl (C=O) groups is 2. The molecule has 0 aliphatic carbocycles. The number of nitrogens with one attached hydrogen (secondary N) is 1. The number of hydrogen-bond acceptors (Lipinski definition) is 7. The number of ether oxygens (including phenoxy) is 3. The maximum atomic E-state index is 12.6. The molecule has 162 valence electrons. The lowest BCUT2D eigenvalue weighted by Crippen LogP contribution is -2.35. The second kappa shape index (κ2) is 10.1.